The molecule has 0 saturated heterocycles. The third kappa shape index (κ3) is 1.94. The Kier molecular flexibility index (Phi) is 3.02. The first kappa shape index (κ1) is 9.44. The average molecular weight is 188 g/mol. The van der Waals surface area contributed by atoms with Crippen LogP contribution in [0, 0.1) is 0 Å². The van der Waals surface area contributed by atoms with Gasteiger partial charge in [0.1, 0.15) is 0 Å². The van der Waals surface area contributed by atoms with Crippen molar-refractivity contribution in [2.45, 2.75) is 12.5 Å². The molecule has 4 nitrogen and oxygen atoms in total. The van der Waals surface area contributed by atoms with Crippen molar-refractivity contribution in [3.05, 3.63) is 22.8 Å². The fraction of sp³-hybridized carbons (Fsp3) is 0.429. The van der Waals surface area contributed by atoms with Crippen LogP contribution in [0.2, 0.25) is 0 Å². The van der Waals surface area contributed by atoms with Gasteiger partial charge in [0.05, 0.1) is 4.91 Å². The number of rotatable bonds is 2. The highest BCUT2D eigenvalue weighted by Crippen LogP contribution is 2.16. The van der Waals surface area contributed by atoms with Crippen LogP contribution in [0.15, 0.2) is 22.8 Å². The van der Waals surface area contributed by atoms with E-state index in [1.807, 2.05) is 0 Å². The third-order valence-corrected chi connectivity index (χ3v) is 2.54. The van der Waals surface area contributed by atoms with Gasteiger partial charge in [-0.3, -0.25) is 0 Å². The molecule has 0 aromatic heterocycles. The lowest BCUT2D eigenvalue weighted by Gasteiger charge is -2.16. The zero-order valence-electron chi connectivity index (χ0n) is 6.78. The number of nitrogens with two attached hydrogens (primary N) is 1. The van der Waals surface area contributed by atoms with Crippen molar-refractivity contribution < 1.29 is 8.76 Å². The van der Waals surface area contributed by atoms with Crippen molar-refractivity contribution >= 4 is 11.1 Å². The van der Waals surface area contributed by atoms with Crippen LogP contribution in [-0.4, -0.2) is 21.9 Å². The number of likely N-dealkylation sites (N-methyl/N-ethyl adjacent to an activating group) is 1. The molecular weight excluding hydrogens is 176 g/mol. The number of hydrogen-bond donors (Lipinski definition) is 3. The third-order valence-electron chi connectivity index (χ3n) is 1.79. The van der Waals surface area contributed by atoms with Crippen LogP contribution in [0.25, 0.3) is 0 Å². The molecule has 4 N–H and O–H groups in total. The summed E-state index contributed by atoms with van der Waals surface area (Å²) in [5, 5.41) is 2.99. The van der Waals surface area contributed by atoms with Crippen molar-refractivity contribution in [3.8, 4) is 0 Å². The summed E-state index contributed by atoms with van der Waals surface area (Å²) in [6.45, 7) is 0. The van der Waals surface area contributed by atoms with Crippen molar-refractivity contribution in [1.29, 1.82) is 0 Å². The van der Waals surface area contributed by atoms with E-state index < -0.39 is 11.1 Å². The van der Waals surface area contributed by atoms with Gasteiger partial charge in [-0.25, -0.2) is 4.21 Å². The average Bonchev–Trinajstić information content (AvgIpc) is 2.05. The maximum atomic E-state index is 10.7. The standard InChI is InChI=1S/C7H12N2O2S/c1-9-5-2-3-6(8)7(4-5)12(10)11/h3-5,9H,2,8H2,1H3,(H,10,11). The fourth-order valence-corrected chi connectivity index (χ4v) is 1.63. The van der Waals surface area contributed by atoms with E-state index in [0.29, 0.717) is 10.6 Å². The Labute approximate surface area is 73.8 Å². The van der Waals surface area contributed by atoms with Crippen LogP contribution in [-0.2, 0) is 11.1 Å². The summed E-state index contributed by atoms with van der Waals surface area (Å²) in [6, 6.07) is 0.114. The Bertz CT molecular complexity index is 260. The Morgan fingerprint density at radius 3 is 3.00 bits per heavy atom. The molecule has 5 heteroatoms. The van der Waals surface area contributed by atoms with Gasteiger partial charge >= 0.3 is 0 Å². The Morgan fingerprint density at radius 2 is 2.50 bits per heavy atom. The SMILES string of the molecule is CNC1C=C(S(=O)O)C(N)=CC1. The van der Waals surface area contributed by atoms with Gasteiger partial charge in [-0.15, -0.1) is 0 Å². The van der Waals surface area contributed by atoms with Gasteiger partial charge in [0.25, 0.3) is 0 Å². The van der Waals surface area contributed by atoms with Crippen LogP contribution < -0.4 is 11.1 Å². The van der Waals surface area contributed by atoms with Crippen LogP contribution in [0.4, 0.5) is 0 Å². The van der Waals surface area contributed by atoms with Gasteiger partial charge in [-0.1, -0.05) is 6.08 Å². The molecule has 0 heterocycles. The lowest BCUT2D eigenvalue weighted by Crippen LogP contribution is -2.26. The molecule has 1 rings (SSSR count). The minimum atomic E-state index is -1.98. The Balaban J connectivity index is 2.85. The number of nitrogens with one attached hydrogen (secondary N) is 1. The van der Waals surface area contributed by atoms with E-state index in [0.717, 1.165) is 6.42 Å². The van der Waals surface area contributed by atoms with Crippen molar-refractivity contribution in [1.82, 2.24) is 5.32 Å². The van der Waals surface area contributed by atoms with Gasteiger partial charge in [0, 0.05) is 11.7 Å². The molecule has 0 radical (unpaired) electrons. The van der Waals surface area contributed by atoms with Crippen LogP contribution >= 0.6 is 0 Å². The predicted octanol–water partition coefficient (Wildman–Crippen LogP) is -0.0737. The summed E-state index contributed by atoms with van der Waals surface area (Å²) in [6.07, 6.45) is 4.21. The number of hydrogen-bond acceptors (Lipinski definition) is 3. The van der Waals surface area contributed by atoms with Gasteiger partial charge in [0.2, 0.25) is 0 Å². The predicted molar refractivity (Wildman–Crippen MR) is 48.6 cm³/mol. The van der Waals surface area contributed by atoms with Crippen molar-refractivity contribution in [2.24, 2.45) is 5.73 Å². The molecule has 0 saturated carbocycles. The quantitative estimate of drug-likeness (QED) is 0.530. The molecule has 0 bridgehead atoms. The molecule has 68 valence electrons. The Morgan fingerprint density at radius 1 is 1.83 bits per heavy atom. The highest BCUT2D eigenvalue weighted by Gasteiger charge is 2.15. The summed E-state index contributed by atoms with van der Waals surface area (Å²) in [5.41, 5.74) is 5.91. The second-order valence-electron chi connectivity index (χ2n) is 2.57. The van der Waals surface area contributed by atoms with Crippen LogP contribution in [0.1, 0.15) is 6.42 Å². The van der Waals surface area contributed by atoms with E-state index in [1.54, 1.807) is 19.2 Å². The molecule has 0 fully saturated rings. The van der Waals surface area contributed by atoms with E-state index in [9.17, 15) is 4.21 Å². The van der Waals surface area contributed by atoms with Gasteiger partial charge < -0.3 is 15.6 Å². The second kappa shape index (κ2) is 3.84. The molecule has 0 amide bonds. The minimum absolute atomic E-state index is 0.114. The van der Waals surface area contributed by atoms with Crippen molar-refractivity contribution in [3.63, 3.8) is 0 Å². The largest absolute Gasteiger partial charge is 0.398 e. The van der Waals surface area contributed by atoms with E-state index >= 15 is 0 Å². The second-order valence-corrected chi connectivity index (χ2v) is 3.51. The summed E-state index contributed by atoms with van der Waals surface area (Å²) >= 11 is -1.98. The fourth-order valence-electron chi connectivity index (χ4n) is 1.06. The lowest BCUT2D eigenvalue weighted by molar-refractivity contribution is 0.569. The summed E-state index contributed by atoms with van der Waals surface area (Å²) in [5.74, 6) is 0. The molecule has 0 aromatic rings. The van der Waals surface area contributed by atoms with Gasteiger partial charge in [-0.2, -0.15) is 0 Å². The molecule has 0 spiro atoms. The monoisotopic (exact) mass is 188 g/mol. The summed E-state index contributed by atoms with van der Waals surface area (Å²) < 4.78 is 19.5. The van der Waals surface area contributed by atoms with E-state index in [2.05, 4.69) is 5.32 Å². The van der Waals surface area contributed by atoms with E-state index in [-0.39, 0.29) is 6.04 Å². The minimum Gasteiger partial charge on any atom is -0.398 e. The first-order valence-electron chi connectivity index (χ1n) is 3.61. The maximum absolute atomic E-state index is 10.7. The molecule has 1 aliphatic carbocycles. The molecule has 2 atom stereocenters. The molecule has 2 unspecified atom stereocenters. The Hall–Kier alpha value is -0.650. The zero-order chi connectivity index (χ0) is 9.14. The maximum Gasteiger partial charge on any atom is 0.188 e. The molecule has 0 aromatic carbocycles. The van der Waals surface area contributed by atoms with Crippen molar-refractivity contribution in [2.75, 3.05) is 7.05 Å². The lowest BCUT2D eigenvalue weighted by atomic mass is 10.1. The van der Waals surface area contributed by atoms with Gasteiger partial charge in [-0.05, 0) is 19.5 Å². The normalized spacial score (nSPS) is 26.0. The highest BCUT2D eigenvalue weighted by atomic mass is 32.2. The first-order chi connectivity index (χ1) is 5.65. The molecule has 0 aliphatic heterocycles. The molecule has 12 heavy (non-hydrogen) atoms. The van der Waals surface area contributed by atoms with Gasteiger partial charge in [0.15, 0.2) is 11.1 Å². The first-order valence-corrected chi connectivity index (χ1v) is 4.71. The molecular formula is C7H12N2O2S. The van der Waals surface area contributed by atoms with Crippen LogP contribution in [0.3, 0.4) is 0 Å². The van der Waals surface area contributed by atoms with E-state index in [4.69, 9.17) is 10.3 Å². The summed E-state index contributed by atoms with van der Waals surface area (Å²) in [4.78, 5) is 0.306. The smallest absolute Gasteiger partial charge is 0.188 e. The van der Waals surface area contributed by atoms with Crippen LogP contribution in [0.5, 0.6) is 0 Å². The highest BCUT2D eigenvalue weighted by molar-refractivity contribution is 7.83. The summed E-state index contributed by atoms with van der Waals surface area (Å²) in [7, 11) is 1.80. The molecule has 1 aliphatic rings. The zero-order valence-corrected chi connectivity index (χ0v) is 7.60. The topological polar surface area (TPSA) is 75.3 Å². The van der Waals surface area contributed by atoms with E-state index in [1.165, 1.54) is 0 Å².